The maximum atomic E-state index is 12.0. The van der Waals surface area contributed by atoms with Crippen molar-refractivity contribution >= 4 is 29.1 Å². The smallest absolute Gasteiger partial charge is 0.251 e. The van der Waals surface area contributed by atoms with Crippen LogP contribution in [0, 0.1) is 6.92 Å². The Morgan fingerprint density at radius 2 is 2.00 bits per heavy atom. The first-order valence-electron chi connectivity index (χ1n) is 5.85. The van der Waals surface area contributed by atoms with Crippen molar-refractivity contribution in [2.75, 3.05) is 0 Å². The molecule has 20 heavy (non-hydrogen) atoms. The Kier molecular flexibility index (Phi) is 4.47. The lowest BCUT2D eigenvalue weighted by Gasteiger charge is -2.08. The molecule has 1 heterocycles. The van der Waals surface area contributed by atoms with Crippen LogP contribution in [-0.2, 0) is 6.54 Å². The molecule has 2 N–H and O–H groups in total. The van der Waals surface area contributed by atoms with Gasteiger partial charge in [0.15, 0.2) is 5.75 Å². The summed E-state index contributed by atoms with van der Waals surface area (Å²) in [5.74, 6) is -0.565. The molecule has 2 aromatic rings. The first-order chi connectivity index (χ1) is 9.49. The Labute approximate surface area is 126 Å². The summed E-state index contributed by atoms with van der Waals surface area (Å²) in [4.78, 5) is 16.2. The van der Waals surface area contributed by atoms with Gasteiger partial charge in [-0.25, -0.2) is 0 Å². The summed E-state index contributed by atoms with van der Waals surface area (Å²) in [6.45, 7) is 2.23. The van der Waals surface area contributed by atoms with Gasteiger partial charge in [0.1, 0.15) is 0 Å². The highest BCUT2D eigenvalue weighted by atomic mass is 35.5. The van der Waals surface area contributed by atoms with Crippen LogP contribution in [0.15, 0.2) is 30.5 Å². The standard InChI is InChI=1S/C14H12Cl2N2O2/c1-8-3-2-4-17-12(8)7-18-14(20)9-5-10(15)13(19)11(16)6-9/h2-6,19H,7H2,1H3,(H,18,20). The number of phenols is 1. The SMILES string of the molecule is Cc1cccnc1CNC(=O)c1cc(Cl)c(O)c(Cl)c1. The first-order valence-corrected chi connectivity index (χ1v) is 6.61. The van der Waals surface area contributed by atoms with Crippen LogP contribution in [0.5, 0.6) is 5.75 Å². The number of rotatable bonds is 3. The Morgan fingerprint density at radius 1 is 1.35 bits per heavy atom. The molecule has 0 bridgehead atoms. The predicted octanol–water partition coefficient (Wildman–Crippen LogP) is 3.33. The lowest BCUT2D eigenvalue weighted by molar-refractivity contribution is 0.0950. The van der Waals surface area contributed by atoms with E-state index in [1.807, 2.05) is 19.1 Å². The maximum absolute atomic E-state index is 12.0. The Morgan fingerprint density at radius 3 is 2.60 bits per heavy atom. The van der Waals surface area contributed by atoms with Crippen molar-refractivity contribution in [3.63, 3.8) is 0 Å². The molecule has 0 aliphatic carbocycles. The second-order valence-corrected chi connectivity index (χ2v) is 5.05. The summed E-state index contributed by atoms with van der Waals surface area (Å²) in [6.07, 6.45) is 1.67. The number of hydrogen-bond acceptors (Lipinski definition) is 3. The molecule has 0 saturated heterocycles. The molecule has 0 saturated carbocycles. The van der Waals surface area contributed by atoms with Gasteiger partial charge in [0, 0.05) is 11.8 Å². The minimum Gasteiger partial charge on any atom is -0.505 e. The molecule has 0 aliphatic rings. The third-order valence-electron chi connectivity index (χ3n) is 2.81. The summed E-state index contributed by atoms with van der Waals surface area (Å²) >= 11 is 11.6. The zero-order chi connectivity index (χ0) is 14.7. The molecule has 0 unspecified atom stereocenters. The van der Waals surface area contributed by atoms with Gasteiger partial charge in [0.2, 0.25) is 0 Å². The normalized spacial score (nSPS) is 10.3. The fourth-order valence-corrected chi connectivity index (χ4v) is 2.15. The van der Waals surface area contributed by atoms with Gasteiger partial charge < -0.3 is 10.4 Å². The number of amides is 1. The van der Waals surface area contributed by atoms with Crippen LogP contribution < -0.4 is 5.32 Å². The van der Waals surface area contributed by atoms with Crippen molar-refractivity contribution in [3.05, 3.63) is 57.3 Å². The van der Waals surface area contributed by atoms with Crippen LogP contribution >= 0.6 is 23.2 Å². The van der Waals surface area contributed by atoms with E-state index in [-0.39, 0.29) is 27.3 Å². The lowest BCUT2D eigenvalue weighted by atomic mass is 10.2. The number of nitrogens with zero attached hydrogens (tertiary/aromatic N) is 1. The average molecular weight is 311 g/mol. The number of carbonyl (C=O) groups is 1. The van der Waals surface area contributed by atoms with Crippen LogP contribution in [0.25, 0.3) is 0 Å². The highest BCUT2D eigenvalue weighted by Gasteiger charge is 2.12. The number of pyridine rings is 1. The van der Waals surface area contributed by atoms with Crippen LogP contribution in [0.3, 0.4) is 0 Å². The van der Waals surface area contributed by atoms with E-state index in [2.05, 4.69) is 10.3 Å². The van der Waals surface area contributed by atoms with Crippen LogP contribution in [-0.4, -0.2) is 16.0 Å². The van der Waals surface area contributed by atoms with Gasteiger partial charge >= 0.3 is 0 Å². The van der Waals surface area contributed by atoms with Crippen LogP contribution in [0.2, 0.25) is 10.0 Å². The fraction of sp³-hybridized carbons (Fsp3) is 0.143. The Balaban J connectivity index is 2.11. The van der Waals surface area contributed by atoms with Crippen molar-refractivity contribution in [1.82, 2.24) is 10.3 Å². The van der Waals surface area contributed by atoms with Gasteiger partial charge in [-0.05, 0) is 30.7 Å². The summed E-state index contributed by atoms with van der Waals surface area (Å²) in [7, 11) is 0. The van der Waals surface area contributed by atoms with E-state index in [0.29, 0.717) is 6.54 Å². The summed E-state index contributed by atoms with van der Waals surface area (Å²) in [5.41, 5.74) is 2.07. The summed E-state index contributed by atoms with van der Waals surface area (Å²) < 4.78 is 0. The summed E-state index contributed by atoms with van der Waals surface area (Å²) in [5, 5.41) is 12.3. The fourth-order valence-electron chi connectivity index (χ4n) is 1.67. The molecule has 6 heteroatoms. The van der Waals surface area contributed by atoms with Gasteiger partial charge in [-0.3, -0.25) is 9.78 Å². The molecule has 0 atom stereocenters. The molecule has 0 fully saturated rings. The quantitative estimate of drug-likeness (QED) is 0.914. The van der Waals surface area contributed by atoms with E-state index in [1.54, 1.807) is 6.20 Å². The van der Waals surface area contributed by atoms with E-state index in [1.165, 1.54) is 12.1 Å². The van der Waals surface area contributed by atoms with E-state index in [9.17, 15) is 9.90 Å². The van der Waals surface area contributed by atoms with Crippen molar-refractivity contribution in [2.45, 2.75) is 13.5 Å². The van der Waals surface area contributed by atoms with E-state index in [4.69, 9.17) is 23.2 Å². The molecule has 1 aromatic heterocycles. The monoisotopic (exact) mass is 310 g/mol. The van der Waals surface area contributed by atoms with E-state index >= 15 is 0 Å². The largest absolute Gasteiger partial charge is 0.505 e. The van der Waals surface area contributed by atoms with Gasteiger partial charge in [0.05, 0.1) is 22.3 Å². The molecule has 104 valence electrons. The molecular formula is C14H12Cl2N2O2. The molecule has 0 aliphatic heterocycles. The molecular weight excluding hydrogens is 299 g/mol. The minimum atomic E-state index is -0.334. The van der Waals surface area contributed by atoms with Crippen molar-refractivity contribution in [1.29, 1.82) is 0 Å². The van der Waals surface area contributed by atoms with Crippen molar-refractivity contribution in [2.24, 2.45) is 0 Å². The zero-order valence-corrected chi connectivity index (χ0v) is 12.2. The molecule has 4 nitrogen and oxygen atoms in total. The highest BCUT2D eigenvalue weighted by Crippen LogP contribution is 2.32. The second-order valence-electron chi connectivity index (χ2n) is 4.24. The number of carbonyl (C=O) groups excluding carboxylic acids is 1. The zero-order valence-electron chi connectivity index (χ0n) is 10.7. The number of aryl methyl sites for hydroxylation is 1. The number of nitrogens with one attached hydrogen (secondary N) is 1. The van der Waals surface area contributed by atoms with Crippen LogP contribution in [0.1, 0.15) is 21.6 Å². The average Bonchev–Trinajstić information content (AvgIpc) is 2.43. The molecule has 1 aromatic carbocycles. The molecule has 2 rings (SSSR count). The topological polar surface area (TPSA) is 62.2 Å². The van der Waals surface area contributed by atoms with E-state index < -0.39 is 0 Å². The summed E-state index contributed by atoms with van der Waals surface area (Å²) in [6, 6.07) is 6.48. The number of phenolic OH excluding ortho intramolecular Hbond substituents is 1. The van der Waals surface area contributed by atoms with Crippen molar-refractivity contribution in [3.8, 4) is 5.75 Å². The number of aromatic hydroxyl groups is 1. The number of hydrogen-bond donors (Lipinski definition) is 2. The predicted molar refractivity (Wildman–Crippen MR) is 78.3 cm³/mol. The van der Waals surface area contributed by atoms with E-state index in [0.717, 1.165) is 11.3 Å². The molecule has 1 amide bonds. The number of aromatic nitrogens is 1. The van der Waals surface area contributed by atoms with Gasteiger partial charge in [-0.2, -0.15) is 0 Å². The minimum absolute atomic E-state index is 0.0386. The third kappa shape index (κ3) is 3.21. The van der Waals surface area contributed by atoms with Gasteiger partial charge in [-0.1, -0.05) is 29.3 Å². The third-order valence-corrected chi connectivity index (χ3v) is 3.39. The number of benzene rings is 1. The maximum Gasteiger partial charge on any atom is 0.251 e. The van der Waals surface area contributed by atoms with Crippen LogP contribution in [0.4, 0.5) is 0 Å². The van der Waals surface area contributed by atoms with Gasteiger partial charge in [-0.15, -0.1) is 0 Å². The second kappa shape index (κ2) is 6.11. The first kappa shape index (κ1) is 14.6. The Bertz CT molecular complexity index is 636. The highest BCUT2D eigenvalue weighted by molar-refractivity contribution is 6.37. The molecule has 0 radical (unpaired) electrons. The lowest BCUT2D eigenvalue weighted by Crippen LogP contribution is -2.23. The molecule has 0 spiro atoms. The number of halogens is 2. The van der Waals surface area contributed by atoms with Gasteiger partial charge in [0.25, 0.3) is 5.91 Å². The van der Waals surface area contributed by atoms with Crippen molar-refractivity contribution < 1.29 is 9.90 Å². The Hall–Kier alpha value is -1.78.